The number of pyridine rings is 1. The predicted octanol–water partition coefficient (Wildman–Crippen LogP) is 11.7. The van der Waals surface area contributed by atoms with Gasteiger partial charge in [0, 0.05) is 31.8 Å². The second-order valence-electron chi connectivity index (χ2n) is 13.9. The molecule has 47 heavy (non-hydrogen) atoms. The van der Waals surface area contributed by atoms with E-state index in [4.69, 9.17) is 0 Å². The lowest BCUT2D eigenvalue weighted by molar-refractivity contribution is -0.129. The van der Waals surface area contributed by atoms with Gasteiger partial charge in [0.05, 0.1) is 0 Å². The van der Waals surface area contributed by atoms with Crippen LogP contribution >= 0.6 is 0 Å². The van der Waals surface area contributed by atoms with E-state index in [2.05, 4.69) is 41.6 Å². The Morgan fingerprint density at radius 3 is 1.51 bits per heavy atom. The number of hydrogen-bond donors (Lipinski definition) is 2. The van der Waals surface area contributed by atoms with Gasteiger partial charge >= 0.3 is 0 Å². The first-order chi connectivity index (χ1) is 23.2. The molecule has 0 aliphatic rings. The van der Waals surface area contributed by atoms with Gasteiger partial charge in [-0.1, -0.05) is 161 Å². The minimum Gasteiger partial charge on any atom is -0.354 e. The highest BCUT2D eigenvalue weighted by Gasteiger charge is 2.20. The third-order valence-corrected chi connectivity index (χ3v) is 9.34. The summed E-state index contributed by atoms with van der Waals surface area (Å²) < 4.78 is 0. The summed E-state index contributed by atoms with van der Waals surface area (Å²) in [5.74, 6) is -0.0947. The van der Waals surface area contributed by atoms with Gasteiger partial charge in [0.15, 0.2) is 0 Å². The van der Waals surface area contributed by atoms with E-state index in [1.165, 1.54) is 148 Å². The van der Waals surface area contributed by atoms with Crippen LogP contribution in [0.2, 0.25) is 0 Å². The zero-order chi connectivity index (χ0) is 33.9. The molecule has 0 aromatic carbocycles. The van der Waals surface area contributed by atoms with Crippen LogP contribution in [0.4, 0.5) is 0 Å². The summed E-state index contributed by atoms with van der Waals surface area (Å²) in [6.45, 7) is 5.22. The molecule has 0 aliphatic heterocycles. The van der Waals surface area contributed by atoms with Crippen molar-refractivity contribution in [2.75, 3.05) is 6.54 Å². The van der Waals surface area contributed by atoms with E-state index in [9.17, 15) is 9.59 Å². The van der Waals surface area contributed by atoms with Gasteiger partial charge in [-0.2, -0.15) is 0 Å². The van der Waals surface area contributed by atoms with Crippen molar-refractivity contribution >= 4 is 11.8 Å². The Labute approximate surface area is 291 Å². The van der Waals surface area contributed by atoms with Crippen LogP contribution in [0.25, 0.3) is 0 Å². The molecule has 0 saturated heterocycles. The Hall–Kier alpha value is -2.17. The average molecular weight is 654 g/mol. The van der Waals surface area contributed by atoms with Gasteiger partial charge in [-0.05, 0) is 56.2 Å². The molecule has 5 nitrogen and oxygen atoms in total. The third-order valence-electron chi connectivity index (χ3n) is 9.34. The van der Waals surface area contributed by atoms with Crippen molar-refractivity contribution < 1.29 is 9.59 Å². The number of unbranched alkanes of at least 4 members (excludes halogenated alkanes) is 24. The molecule has 1 unspecified atom stereocenters. The highest BCUT2D eigenvalue weighted by Crippen LogP contribution is 2.14. The van der Waals surface area contributed by atoms with Crippen LogP contribution in [0, 0.1) is 0 Å². The van der Waals surface area contributed by atoms with Crippen molar-refractivity contribution in [2.45, 2.75) is 206 Å². The summed E-state index contributed by atoms with van der Waals surface area (Å²) in [5.41, 5.74) is 1.01. The number of rotatable bonds is 34. The van der Waals surface area contributed by atoms with Crippen molar-refractivity contribution in [2.24, 2.45) is 0 Å². The Morgan fingerprint density at radius 2 is 1.02 bits per heavy atom. The average Bonchev–Trinajstić information content (AvgIpc) is 3.08. The minimum absolute atomic E-state index is 0.0201. The fourth-order valence-corrected chi connectivity index (χ4v) is 6.24. The molecule has 1 aromatic heterocycles. The van der Waals surface area contributed by atoms with E-state index in [0.29, 0.717) is 19.4 Å². The Balaban J connectivity index is 2.14. The van der Waals surface area contributed by atoms with Crippen molar-refractivity contribution in [3.8, 4) is 0 Å². The molecular weight excluding hydrogens is 578 g/mol. The predicted molar refractivity (Wildman–Crippen MR) is 203 cm³/mol. The van der Waals surface area contributed by atoms with Gasteiger partial charge in [0.1, 0.15) is 6.04 Å². The standard InChI is InChI=1S/C42H75N3O2/c1-3-5-7-9-11-13-15-17-19-20-22-24-26-28-30-32-41(46)45-40(38-39-33-36-43-37-34-39)42(47)44-35-31-29-27-25-23-21-18-16-14-12-10-8-6-4-2/h17,19,33-34,36-37,40H,3-16,18,20-32,35,38H2,1-2H3,(H,44,47)(H,45,46). The van der Waals surface area contributed by atoms with Crippen molar-refractivity contribution in [1.29, 1.82) is 0 Å². The number of nitrogens with one attached hydrogen (secondary N) is 2. The molecule has 1 heterocycles. The topological polar surface area (TPSA) is 71.1 Å². The molecule has 5 heteroatoms. The molecule has 2 amide bonds. The molecular formula is C42H75N3O2. The van der Waals surface area contributed by atoms with E-state index in [-0.39, 0.29) is 11.8 Å². The maximum absolute atomic E-state index is 13.1. The Kier molecular flexibility index (Phi) is 30.7. The molecule has 0 aliphatic carbocycles. The van der Waals surface area contributed by atoms with Crippen LogP contribution < -0.4 is 10.6 Å². The van der Waals surface area contributed by atoms with Gasteiger partial charge in [0.25, 0.3) is 0 Å². The largest absolute Gasteiger partial charge is 0.354 e. The number of allylic oxidation sites excluding steroid dienone is 2. The van der Waals surface area contributed by atoms with Gasteiger partial charge in [-0.15, -0.1) is 0 Å². The van der Waals surface area contributed by atoms with Crippen LogP contribution in [-0.4, -0.2) is 29.4 Å². The summed E-state index contributed by atoms with van der Waals surface area (Å²) in [5, 5.41) is 6.14. The summed E-state index contributed by atoms with van der Waals surface area (Å²) in [4.78, 5) is 30.0. The molecule has 0 bridgehead atoms. The van der Waals surface area contributed by atoms with Crippen LogP contribution in [0.5, 0.6) is 0 Å². The number of amides is 2. The Bertz CT molecular complexity index is 857. The van der Waals surface area contributed by atoms with Crippen molar-refractivity contribution in [1.82, 2.24) is 15.6 Å². The van der Waals surface area contributed by atoms with Crippen LogP contribution in [0.15, 0.2) is 36.7 Å². The Morgan fingerprint density at radius 1 is 0.596 bits per heavy atom. The molecule has 1 rings (SSSR count). The second kappa shape index (κ2) is 33.7. The molecule has 0 fully saturated rings. The summed E-state index contributed by atoms with van der Waals surface area (Å²) >= 11 is 0. The quantitative estimate of drug-likeness (QED) is 0.0574. The normalized spacial score (nSPS) is 12.0. The maximum atomic E-state index is 13.1. The smallest absolute Gasteiger partial charge is 0.242 e. The minimum atomic E-state index is -0.542. The molecule has 1 aromatic rings. The van der Waals surface area contributed by atoms with Gasteiger partial charge in [-0.3, -0.25) is 14.6 Å². The first-order valence-corrected chi connectivity index (χ1v) is 20.3. The van der Waals surface area contributed by atoms with E-state index in [0.717, 1.165) is 31.2 Å². The SMILES string of the molecule is CCCCCCCCC=CCCCCCCCC(=O)NC(Cc1ccncc1)C(=O)NCCCCCCCCCCCCCCCC. The summed E-state index contributed by atoms with van der Waals surface area (Å²) in [6, 6.07) is 3.30. The van der Waals surface area contributed by atoms with E-state index < -0.39 is 6.04 Å². The number of aromatic nitrogens is 1. The monoisotopic (exact) mass is 654 g/mol. The zero-order valence-corrected chi connectivity index (χ0v) is 31.0. The van der Waals surface area contributed by atoms with E-state index >= 15 is 0 Å². The van der Waals surface area contributed by atoms with Gasteiger partial charge in [-0.25, -0.2) is 0 Å². The lowest BCUT2D eigenvalue weighted by Gasteiger charge is -2.19. The number of nitrogens with zero attached hydrogens (tertiary/aromatic N) is 1. The molecule has 2 N–H and O–H groups in total. The molecule has 0 spiro atoms. The summed E-state index contributed by atoms with van der Waals surface area (Å²) in [7, 11) is 0. The summed E-state index contributed by atoms with van der Waals surface area (Å²) in [6.07, 6.45) is 43.8. The third kappa shape index (κ3) is 28.5. The molecule has 270 valence electrons. The highest BCUT2D eigenvalue weighted by atomic mass is 16.2. The number of carbonyl (C=O) groups excluding carboxylic acids is 2. The fourth-order valence-electron chi connectivity index (χ4n) is 6.24. The van der Waals surface area contributed by atoms with E-state index in [1.54, 1.807) is 12.4 Å². The van der Waals surface area contributed by atoms with Crippen LogP contribution in [-0.2, 0) is 16.0 Å². The molecule has 0 saturated carbocycles. The highest BCUT2D eigenvalue weighted by molar-refractivity contribution is 5.87. The second-order valence-corrected chi connectivity index (χ2v) is 13.9. The van der Waals surface area contributed by atoms with Crippen molar-refractivity contribution in [3.63, 3.8) is 0 Å². The number of carbonyl (C=O) groups is 2. The lowest BCUT2D eigenvalue weighted by atomic mass is 10.0. The number of hydrogen-bond acceptors (Lipinski definition) is 3. The van der Waals surface area contributed by atoms with Crippen LogP contribution in [0.3, 0.4) is 0 Å². The fraction of sp³-hybridized carbons (Fsp3) is 0.786. The molecule has 1 atom stereocenters. The van der Waals surface area contributed by atoms with Gasteiger partial charge < -0.3 is 10.6 Å². The zero-order valence-electron chi connectivity index (χ0n) is 31.0. The van der Waals surface area contributed by atoms with Crippen LogP contribution in [0.1, 0.15) is 199 Å². The maximum Gasteiger partial charge on any atom is 0.242 e. The first kappa shape index (κ1) is 42.9. The van der Waals surface area contributed by atoms with E-state index in [1.807, 2.05) is 12.1 Å². The van der Waals surface area contributed by atoms with Crippen molar-refractivity contribution in [3.05, 3.63) is 42.2 Å². The molecule has 0 radical (unpaired) electrons. The first-order valence-electron chi connectivity index (χ1n) is 20.3. The lowest BCUT2D eigenvalue weighted by Crippen LogP contribution is -2.48. The van der Waals surface area contributed by atoms with Gasteiger partial charge in [0.2, 0.25) is 11.8 Å².